The molecule has 0 radical (unpaired) electrons. The Labute approximate surface area is 79.1 Å². The van der Waals surface area contributed by atoms with Gasteiger partial charge in [0.05, 0.1) is 13.7 Å². The van der Waals surface area contributed by atoms with Crippen molar-refractivity contribution < 1.29 is 4.84 Å². The molecule has 1 aromatic carbocycles. The van der Waals surface area contributed by atoms with Crippen LogP contribution in [0.5, 0.6) is 0 Å². The summed E-state index contributed by atoms with van der Waals surface area (Å²) in [5, 5.41) is 1.68. The monoisotopic (exact) mass is 175 g/mol. The number of hydrogen-bond acceptors (Lipinski definition) is 2. The van der Waals surface area contributed by atoms with E-state index in [1.165, 1.54) is 0 Å². The number of rotatable bonds is 2. The minimum Gasteiger partial charge on any atom is -0.302 e. The fraction of sp³-hybridized carbons (Fsp3) is 0.273. The van der Waals surface area contributed by atoms with Crippen LogP contribution >= 0.6 is 0 Å². The molecule has 2 heteroatoms. The molecule has 0 atom stereocenters. The average Bonchev–Trinajstić information content (AvgIpc) is 2.19. The number of benzene rings is 1. The van der Waals surface area contributed by atoms with E-state index in [0.29, 0.717) is 6.54 Å². The second-order valence-corrected chi connectivity index (χ2v) is 2.64. The van der Waals surface area contributed by atoms with Crippen LogP contribution in [-0.2, 0) is 4.84 Å². The Kier molecular flexibility index (Phi) is 4.04. The summed E-state index contributed by atoms with van der Waals surface area (Å²) in [5.74, 6) is 6.04. The zero-order chi connectivity index (χ0) is 9.52. The molecule has 0 bridgehead atoms. The van der Waals surface area contributed by atoms with Crippen molar-refractivity contribution in [3.63, 3.8) is 0 Å². The van der Waals surface area contributed by atoms with E-state index < -0.39 is 0 Å². The maximum atomic E-state index is 4.92. The highest BCUT2D eigenvalue weighted by Gasteiger charge is 1.87. The molecule has 1 aromatic rings. The summed E-state index contributed by atoms with van der Waals surface area (Å²) in [6, 6.07) is 9.90. The van der Waals surface area contributed by atoms with Crippen LogP contribution in [0.15, 0.2) is 30.3 Å². The summed E-state index contributed by atoms with van der Waals surface area (Å²) < 4.78 is 0. The Morgan fingerprint density at radius 1 is 1.31 bits per heavy atom. The minimum atomic E-state index is 0.616. The van der Waals surface area contributed by atoms with Crippen LogP contribution in [-0.4, -0.2) is 25.8 Å². The minimum absolute atomic E-state index is 0.616. The normalized spacial score (nSPS) is 9.46. The highest BCUT2D eigenvalue weighted by atomic mass is 16.7. The lowest BCUT2D eigenvalue weighted by Gasteiger charge is -2.07. The molecule has 0 heterocycles. The molecule has 0 saturated carbocycles. The van der Waals surface area contributed by atoms with Gasteiger partial charge in [0.15, 0.2) is 0 Å². The fourth-order valence-electron chi connectivity index (χ4n) is 0.839. The van der Waals surface area contributed by atoms with Crippen molar-refractivity contribution in [1.82, 2.24) is 5.06 Å². The van der Waals surface area contributed by atoms with Crippen molar-refractivity contribution in [2.75, 3.05) is 20.7 Å². The van der Waals surface area contributed by atoms with E-state index in [1.807, 2.05) is 37.4 Å². The van der Waals surface area contributed by atoms with Gasteiger partial charge in [0.25, 0.3) is 0 Å². The first-order valence-corrected chi connectivity index (χ1v) is 4.12. The molecule has 68 valence electrons. The first kappa shape index (κ1) is 9.79. The molecule has 2 nitrogen and oxygen atoms in total. The summed E-state index contributed by atoms with van der Waals surface area (Å²) in [4.78, 5) is 4.92. The molecule has 0 unspecified atom stereocenters. The van der Waals surface area contributed by atoms with E-state index in [9.17, 15) is 0 Å². The molecule has 0 N–H and O–H groups in total. The Bertz CT molecular complexity index is 297. The number of nitrogens with zero attached hydrogens (tertiary/aromatic N) is 1. The van der Waals surface area contributed by atoms with Gasteiger partial charge in [0.2, 0.25) is 0 Å². The predicted molar refractivity (Wildman–Crippen MR) is 53.0 cm³/mol. The van der Waals surface area contributed by atoms with Gasteiger partial charge in [0, 0.05) is 12.6 Å². The summed E-state index contributed by atoms with van der Waals surface area (Å²) in [6.45, 7) is 0.616. The molecule has 13 heavy (non-hydrogen) atoms. The molecule has 0 aromatic heterocycles. The van der Waals surface area contributed by atoms with E-state index in [1.54, 1.807) is 12.2 Å². The van der Waals surface area contributed by atoms with E-state index in [0.717, 1.165) is 5.56 Å². The van der Waals surface area contributed by atoms with Crippen LogP contribution in [0.2, 0.25) is 0 Å². The summed E-state index contributed by atoms with van der Waals surface area (Å²) in [7, 11) is 3.48. The summed E-state index contributed by atoms with van der Waals surface area (Å²) in [5.41, 5.74) is 1.03. The first-order chi connectivity index (χ1) is 6.33. The maximum absolute atomic E-state index is 4.92. The Hall–Kier alpha value is -1.30. The van der Waals surface area contributed by atoms with Crippen LogP contribution < -0.4 is 0 Å². The summed E-state index contributed by atoms with van der Waals surface area (Å²) in [6.07, 6.45) is 0. The largest absolute Gasteiger partial charge is 0.302 e. The van der Waals surface area contributed by atoms with Gasteiger partial charge in [-0.1, -0.05) is 30.0 Å². The van der Waals surface area contributed by atoms with Gasteiger partial charge in [-0.25, -0.2) is 0 Å². The van der Waals surface area contributed by atoms with Gasteiger partial charge in [-0.3, -0.25) is 0 Å². The van der Waals surface area contributed by atoms with Gasteiger partial charge in [-0.15, -0.1) is 0 Å². The van der Waals surface area contributed by atoms with E-state index >= 15 is 0 Å². The lowest BCUT2D eigenvalue weighted by atomic mass is 10.2. The van der Waals surface area contributed by atoms with Crippen molar-refractivity contribution in [3.8, 4) is 11.8 Å². The Morgan fingerprint density at radius 3 is 2.62 bits per heavy atom. The fourth-order valence-corrected chi connectivity index (χ4v) is 0.839. The molecule has 0 saturated heterocycles. The number of hydrogen-bond donors (Lipinski definition) is 0. The second-order valence-electron chi connectivity index (χ2n) is 2.64. The van der Waals surface area contributed by atoms with Crippen LogP contribution in [0.25, 0.3) is 0 Å². The predicted octanol–water partition coefficient (Wildman–Crippen LogP) is 1.53. The summed E-state index contributed by atoms with van der Waals surface area (Å²) >= 11 is 0. The highest BCUT2D eigenvalue weighted by Crippen LogP contribution is 1.94. The van der Waals surface area contributed by atoms with Gasteiger partial charge in [0.1, 0.15) is 0 Å². The van der Waals surface area contributed by atoms with E-state index in [-0.39, 0.29) is 0 Å². The van der Waals surface area contributed by atoms with Crippen molar-refractivity contribution in [2.24, 2.45) is 0 Å². The SMILES string of the molecule is CON(C)CC#Cc1ccccc1. The Balaban J connectivity index is 2.49. The van der Waals surface area contributed by atoms with Crippen molar-refractivity contribution in [1.29, 1.82) is 0 Å². The zero-order valence-corrected chi connectivity index (χ0v) is 7.95. The van der Waals surface area contributed by atoms with Crippen LogP contribution in [0.3, 0.4) is 0 Å². The molecule has 0 aliphatic carbocycles. The molecule has 0 aliphatic heterocycles. The third-order valence-electron chi connectivity index (χ3n) is 1.62. The van der Waals surface area contributed by atoms with Crippen LogP contribution in [0.4, 0.5) is 0 Å². The average molecular weight is 175 g/mol. The van der Waals surface area contributed by atoms with E-state index in [4.69, 9.17) is 4.84 Å². The van der Waals surface area contributed by atoms with Gasteiger partial charge < -0.3 is 4.84 Å². The number of hydroxylamine groups is 2. The molecule has 1 rings (SSSR count). The molecular formula is C11H13NO. The van der Waals surface area contributed by atoms with Crippen molar-refractivity contribution in [2.45, 2.75) is 0 Å². The molecular weight excluding hydrogens is 162 g/mol. The Morgan fingerprint density at radius 2 is 2.00 bits per heavy atom. The van der Waals surface area contributed by atoms with Crippen LogP contribution in [0.1, 0.15) is 5.56 Å². The topological polar surface area (TPSA) is 12.5 Å². The smallest absolute Gasteiger partial charge is 0.0852 e. The standard InChI is InChI=1S/C11H13NO/c1-12(13-2)10-6-9-11-7-4-3-5-8-11/h3-5,7-8H,10H2,1-2H3. The first-order valence-electron chi connectivity index (χ1n) is 4.12. The zero-order valence-electron chi connectivity index (χ0n) is 7.95. The molecule has 0 spiro atoms. The van der Waals surface area contributed by atoms with Gasteiger partial charge >= 0.3 is 0 Å². The molecule has 0 aliphatic rings. The second kappa shape index (κ2) is 5.36. The van der Waals surface area contributed by atoms with Crippen molar-refractivity contribution in [3.05, 3.63) is 35.9 Å². The van der Waals surface area contributed by atoms with Gasteiger partial charge in [-0.05, 0) is 12.1 Å². The lowest BCUT2D eigenvalue weighted by molar-refractivity contribution is -0.0975. The third kappa shape index (κ3) is 3.75. The molecule has 0 fully saturated rings. The van der Waals surface area contributed by atoms with Gasteiger partial charge in [-0.2, -0.15) is 5.06 Å². The highest BCUT2D eigenvalue weighted by molar-refractivity contribution is 5.33. The van der Waals surface area contributed by atoms with E-state index in [2.05, 4.69) is 11.8 Å². The quantitative estimate of drug-likeness (QED) is 0.499. The molecule has 0 amide bonds. The third-order valence-corrected chi connectivity index (χ3v) is 1.62. The van der Waals surface area contributed by atoms with Crippen LogP contribution in [0, 0.1) is 11.8 Å². The maximum Gasteiger partial charge on any atom is 0.0852 e. The van der Waals surface area contributed by atoms with Crippen molar-refractivity contribution >= 4 is 0 Å². The lowest BCUT2D eigenvalue weighted by Crippen LogP contribution is -2.16.